The topological polar surface area (TPSA) is 100 Å². The average molecular weight is 439 g/mol. The molecule has 4 heterocycles. The number of aromatic nitrogens is 4. The molecule has 1 fully saturated rings. The third-order valence-electron chi connectivity index (χ3n) is 5.78. The van der Waals surface area contributed by atoms with Gasteiger partial charge in [0.15, 0.2) is 0 Å². The number of hydrogen-bond acceptors (Lipinski definition) is 7. The Balaban J connectivity index is 1.30. The SMILES string of the molecule is CNc1nc2cc(OCC3OC(n4ccc5c(N)ncnc54)CC3C)ccc2cc1Cl. The Hall–Kier alpha value is -3.10. The zero-order valence-electron chi connectivity index (χ0n) is 17.2. The summed E-state index contributed by atoms with van der Waals surface area (Å²) in [7, 11) is 1.80. The number of nitrogen functional groups attached to an aromatic ring is 1. The number of hydrogen-bond donors (Lipinski definition) is 2. The van der Waals surface area contributed by atoms with Crippen LogP contribution in [0.25, 0.3) is 21.9 Å². The molecule has 3 atom stereocenters. The van der Waals surface area contributed by atoms with E-state index in [9.17, 15) is 0 Å². The number of halogens is 1. The van der Waals surface area contributed by atoms with Crippen LogP contribution in [-0.2, 0) is 4.74 Å². The summed E-state index contributed by atoms with van der Waals surface area (Å²) in [5.74, 6) is 2.19. The molecule has 9 heteroatoms. The lowest BCUT2D eigenvalue weighted by molar-refractivity contribution is -0.0224. The summed E-state index contributed by atoms with van der Waals surface area (Å²) in [4.78, 5) is 13.0. The molecule has 0 aliphatic carbocycles. The number of nitrogens with two attached hydrogens (primary N) is 1. The maximum atomic E-state index is 6.32. The Kier molecular flexibility index (Phi) is 5.03. The van der Waals surface area contributed by atoms with Crippen LogP contribution in [0.1, 0.15) is 19.6 Å². The normalized spacial score (nSPS) is 21.1. The monoisotopic (exact) mass is 438 g/mol. The quantitative estimate of drug-likeness (QED) is 0.480. The summed E-state index contributed by atoms with van der Waals surface area (Å²) in [5, 5.41) is 5.39. The van der Waals surface area contributed by atoms with Gasteiger partial charge in [-0.2, -0.15) is 0 Å². The van der Waals surface area contributed by atoms with Gasteiger partial charge in [0.2, 0.25) is 0 Å². The van der Waals surface area contributed by atoms with Gasteiger partial charge in [-0.15, -0.1) is 0 Å². The van der Waals surface area contributed by atoms with Crippen molar-refractivity contribution in [3.8, 4) is 5.75 Å². The second kappa shape index (κ2) is 7.86. The molecule has 3 aromatic heterocycles. The number of nitrogens with zero attached hydrogens (tertiary/aromatic N) is 4. The molecule has 0 spiro atoms. The molecular formula is C22H23ClN6O2. The van der Waals surface area contributed by atoms with Crippen LogP contribution < -0.4 is 15.8 Å². The molecule has 1 aromatic carbocycles. The van der Waals surface area contributed by atoms with Gasteiger partial charge >= 0.3 is 0 Å². The van der Waals surface area contributed by atoms with Gasteiger partial charge in [0, 0.05) is 24.7 Å². The molecule has 4 aromatic rings. The number of benzene rings is 1. The first-order valence-electron chi connectivity index (χ1n) is 10.2. The summed E-state index contributed by atoms with van der Waals surface area (Å²) in [6, 6.07) is 9.62. The van der Waals surface area contributed by atoms with E-state index in [1.54, 1.807) is 7.05 Å². The van der Waals surface area contributed by atoms with Gasteiger partial charge in [-0.1, -0.05) is 18.5 Å². The molecule has 1 saturated heterocycles. The van der Waals surface area contributed by atoms with Crippen LogP contribution in [0, 0.1) is 5.92 Å². The predicted octanol–water partition coefficient (Wildman–Crippen LogP) is 4.26. The van der Waals surface area contributed by atoms with Crippen molar-refractivity contribution in [3.05, 3.63) is 47.9 Å². The molecule has 8 nitrogen and oxygen atoms in total. The summed E-state index contributed by atoms with van der Waals surface area (Å²) >= 11 is 6.22. The van der Waals surface area contributed by atoms with E-state index in [1.807, 2.05) is 41.1 Å². The third kappa shape index (κ3) is 3.62. The van der Waals surface area contributed by atoms with Crippen molar-refractivity contribution in [1.82, 2.24) is 19.5 Å². The Bertz CT molecular complexity index is 1260. The van der Waals surface area contributed by atoms with Crippen molar-refractivity contribution in [1.29, 1.82) is 0 Å². The molecule has 1 aliphatic rings. The van der Waals surface area contributed by atoms with Gasteiger partial charge in [0.1, 0.15) is 42.2 Å². The van der Waals surface area contributed by atoms with Crippen molar-refractivity contribution in [3.63, 3.8) is 0 Å². The van der Waals surface area contributed by atoms with Crippen LogP contribution in [-0.4, -0.2) is 39.3 Å². The lowest BCUT2D eigenvalue weighted by atomic mass is 10.0. The highest BCUT2D eigenvalue weighted by molar-refractivity contribution is 6.33. The lowest BCUT2D eigenvalue weighted by Crippen LogP contribution is -2.23. The molecule has 0 saturated carbocycles. The smallest absolute Gasteiger partial charge is 0.147 e. The predicted molar refractivity (Wildman–Crippen MR) is 121 cm³/mol. The summed E-state index contributed by atoms with van der Waals surface area (Å²) in [6.07, 6.45) is 4.14. The molecule has 1 aliphatic heterocycles. The van der Waals surface area contributed by atoms with Gasteiger partial charge in [-0.25, -0.2) is 15.0 Å². The first-order chi connectivity index (χ1) is 15.0. The highest BCUT2D eigenvalue weighted by Crippen LogP contribution is 2.36. The molecule has 3 N–H and O–H groups in total. The zero-order chi connectivity index (χ0) is 21.5. The van der Waals surface area contributed by atoms with E-state index in [0.717, 1.165) is 34.1 Å². The Morgan fingerprint density at radius 3 is 3.00 bits per heavy atom. The Morgan fingerprint density at radius 2 is 2.16 bits per heavy atom. The molecule has 3 unspecified atom stereocenters. The van der Waals surface area contributed by atoms with E-state index < -0.39 is 0 Å². The number of rotatable bonds is 5. The molecule has 0 amide bonds. The fourth-order valence-electron chi connectivity index (χ4n) is 4.03. The summed E-state index contributed by atoms with van der Waals surface area (Å²) in [5.41, 5.74) is 7.56. The van der Waals surface area contributed by atoms with E-state index in [1.165, 1.54) is 6.33 Å². The van der Waals surface area contributed by atoms with Crippen molar-refractivity contribution in [2.45, 2.75) is 25.7 Å². The van der Waals surface area contributed by atoms with Gasteiger partial charge in [-0.05, 0) is 36.6 Å². The largest absolute Gasteiger partial charge is 0.491 e. The molecule has 0 radical (unpaired) electrons. The third-order valence-corrected chi connectivity index (χ3v) is 6.07. The molecule has 31 heavy (non-hydrogen) atoms. The van der Waals surface area contributed by atoms with Crippen LogP contribution in [0.15, 0.2) is 42.9 Å². The van der Waals surface area contributed by atoms with E-state index in [-0.39, 0.29) is 12.3 Å². The van der Waals surface area contributed by atoms with E-state index in [0.29, 0.717) is 29.2 Å². The maximum absolute atomic E-state index is 6.32. The number of ether oxygens (including phenoxy) is 2. The number of nitrogens with one attached hydrogen (secondary N) is 1. The highest BCUT2D eigenvalue weighted by atomic mass is 35.5. The van der Waals surface area contributed by atoms with Gasteiger partial charge in [0.25, 0.3) is 0 Å². The molecular weight excluding hydrogens is 416 g/mol. The van der Waals surface area contributed by atoms with Crippen molar-refractivity contribution < 1.29 is 9.47 Å². The fraction of sp³-hybridized carbons (Fsp3) is 0.318. The zero-order valence-corrected chi connectivity index (χ0v) is 18.0. The van der Waals surface area contributed by atoms with Crippen molar-refractivity contribution >= 4 is 45.2 Å². The van der Waals surface area contributed by atoms with Crippen LogP contribution in [0.3, 0.4) is 0 Å². The van der Waals surface area contributed by atoms with Gasteiger partial charge in [0.05, 0.1) is 22.0 Å². The Morgan fingerprint density at radius 1 is 1.29 bits per heavy atom. The summed E-state index contributed by atoms with van der Waals surface area (Å²) < 4.78 is 14.4. The minimum atomic E-state index is -0.117. The standard InChI is InChI=1S/C22H23ClN6O2/c1-12-7-19(29-6-5-15-20(24)26-11-27-22(15)29)31-18(12)10-30-14-4-3-13-8-16(23)21(25-2)28-17(13)9-14/h3-6,8-9,11-12,18-19H,7,10H2,1-2H3,(H,25,28)(H2,24,26,27). The van der Waals surface area contributed by atoms with Crippen LogP contribution in [0.4, 0.5) is 11.6 Å². The van der Waals surface area contributed by atoms with Crippen LogP contribution >= 0.6 is 11.6 Å². The van der Waals surface area contributed by atoms with E-state index in [2.05, 4.69) is 27.2 Å². The van der Waals surface area contributed by atoms with Crippen LogP contribution in [0.2, 0.25) is 5.02 Å². The van der Waals surface area contributed by atoms with E-state index >= 15 is 0 Å². The molecule has 0 bridgehead atoms. The number of pyridine rings is 1. The van der Waals surface area contributed by atoms with Gasteiger partial charge in [-0.3, -0.25) is 0 Å². The molecule has 160 valence electrons. The fourth-order valence-corrected chi connectivity index (χ4v) is 4.29. The van der Waals surface area contributed by atoms with Gasteiger partial charge < -0.3 is 25.1 Å². The number of anilines is 2. The molecule has 5 rings (SSSR count). The Labute approximate surface area is 184 Å². The minimum Gasteiger partial charge on any atom is -0.491 e. The van der Waals surface area contributed by atoms with Crippen LogP contribution in [0.5, 0.6) is 5.75 Å². The average Bonchev–Trinajstić information content (AvgIpc) is 3.36. The second-order valence-electron chi connectivity index (χ2n) is 7.80. The minimum absolute atomic E-state index is 0.0385. The highest BCUT2D eigenvalue weighted by Gasteiger charge is 2.34. The first kappa shape index (κ1) is 19.8. The summed E-state index contributed by atoms with van der Waals surface area (Å²) in [6.45, 7) is 2.62. The van der Waals surface area contributed by atoms with E-state index in [4.69, 9.17) is 26.8 Å². The first-order valence-corrected chi connectivity index (χ1v) is 10.5. The van der Waals surface area contributed by atoms with Crippen molar-refractivity contribution in [2.75, 3.05) is 24.7 Å². The van der Waals surface area contributed by atoms with Crippen molar-refractivity contribution in [2.24, 2.45) is 5.92 Å². The second-order valence-corrected chi connectivity index (χ2v) is 8.20. The number of fused-ring (bicyclic) bond motifs is 2. The maximum Gasteiger partial charge on any atom is 0.147 e. The lowest BCUT2D eigenvalue weighted by Gasteiger charge is -2.17.